The fraction of sp³-hybridized carbons (Fsp3) is 0.429. The zero-order valence-electron chi connectivity index (χ0n) is 11.3. The molecule has 2 aromatic rings. The van der Waals surface area contributed by atoms with Crippen LogP contribution in [0, 0.1) is 6.92 Å². The quantitative estimate of drug-likeness (QED) is 0.789. The Morgan fingerprint density at radius 2 is 2.16 bits per heavy atom. The average Bonchev–Trinajstić information content (AvgIpc) is 2.87. The van der Waals surface area contributed by atoms with E-state index in [1.807, 2.05) is 0 Å². The van der Waals surface area contributed by atoms with Gasteiger partial charge in [-0.2, -0.15) is 0 Å². The highest BCUT2D eigenvalue weighted by Gasteiger charge is 2.06. The summed E-state index contributed by atoms with van der Waals surface area (Å²) >= 11 is 1.66. The molecular formula is C14H19N3OS. The van der Waals surface area contributed by atoms with Gasteiger partial charge in [0.1, 0.15) is 10.0 Å². The molecule has 0 saturated carbocycles. The minimum atomic E-state index is 0.741. The van der Waals surface area contributed by atoms with Gasteiger partial charge in [-0.25, -0.2) is 0 Å². The van der Waals surface area contributed by atoms with Crippen LogP contribution in [0.15, 0.2) is 24.3 Å². The minimum absolute atomic E-state index is 0.741. The Labute approximate surface area is 117 Å². The topological polar surface area (TPSA) is 47.0 Å². The van der Waals surface area contributed by atoms with E-state index in [-0.39, 0.29) is 0 Å². The summed E-state index contributed by atoms with van der Waals surface area (Å²) in [6, 6.07) is 8.36. The predicted molar refractivity (Wildman–Crippen MR) is 78.5 cm³/mol. The van der Waals surface area contributed by atoms with Crippen LogP contribution in [0.1, 0.15) is 10.6 Å². The Hall–Kier alpha value is -1.30. The summed E-state index contributed by atoms with van der Waals surface area (Å²) in [5, 5.41) is 13.9. The van der Waals surface area contributed by atoms with E-state index in [0.29, 0.717) is 0 Å². The van der Waals surface area contributed by atoms with Gasteiger partial charge in [-0.1, -0.05) is 35.1 Å². The molecule has 2 rings (SSSR count). The molecule has 102 valence electrons. The Kier molecular flexibility index (Phi) is 5.44. The summed E-state index contributed by atoms with van der Waals surface area (Å²) in [5.41, 5.74) is 2.39. The van der Waals surface area contributed by atoms with Crippen molar-refractivity contribution in [3.63, 3.8) is 0 Å². The fourth-order valence-corrected chi connectivity index (χ4v) is 2.58. The maximum absolute atomic E-state index is 4.98. The molecule has 0 aliphatic carbocycles. The van der Waals surface area contributed by atoms with E-state index in [9.17, 15) is 0 Å². The van der Waals surface area contributed by atoms with Crippen LogP contribution in [0.5, 0.6) is 0 Å². The van der Waals surface area contributed by atoms with Crippen LogP contribution in [0.4, 0.5) is 0 Å². The Bertz CT molecular complexity index is 513. The van der Waals surface area contributed by atoms with Gasteiger partial charge in [0.25, 0.3) is 0 Å². The molecule has 0 atom stereocenters. The van der Waals surface area contributed by atoms with Crippen molar-refractivity contribution in [1.82, 2.24) is 15.5 Å². The lowest BCUT2D eigenvalue weighted by Gasteiger charge is -2.00. The van der Waals surface area contributed by atoms with Crippen molar-refractivity contribution in [2.45, 2.75) is 13.3 Å². The van der Waals surface area contributed by atoms with Gasteiger partial charge < -0.3 is 10.1 Å². The van der Waals surface area contributed by atoms with Crippen LogP contribution in [0.25, 0.3) is 10.6 Å². The zero-order valence-corrected chi connectivity index (χ0v) is 12.2. The van der Waals surface area contributed by atoms with E-state index in [0.717, 1.165) is 41.7 Å². The number of nitrogens with one attached hydrogen (secondary N) is 1. The molecule has 0 aliphatic rings. The maximum Gasteiger partial charge on any atom is 0.147 e. The highest BCUT2D eigenvalue weighted by molar-refractivity contribution is 7.14. The van der Waals surface area contributed by atoms with Gasteiger partial charge in [-0.15, -0.1) is 10.2 Å². The summed E-state index contributed by atoms with van der Waals surface area (Å²) in [5.74, 6) is 0. The number of aromatic nitrogens is 2. The van der Waals surface area contributed by atoms with E-state index in [4.69, 9.17) is 4.74 Å². The minimum Gasteiger partial charge on any atom is -0.383 e. The van der Waals surface area contributed by atoms with Crippen LogP contribution in [0.2, 0.25) is 0 Å². The van der Waals surface area contributed by atoms with Crippen LogP contribution in [-0.4, -0.2) is 37.0 Å². The Morgan fingerprint density at radius 3 is 2.95 bits per heavy atom. The lowest BCUT2D eigenvalue weighted by Crippen LogP contribution is -2.21. The molecule has 1 heterocycles. The van der Waals surface area contributed by atoms with Gasteiger partial charge in [0.15, 0.2) is 0 Å². The summed E-state index contributed by atoms with van der Waals surface area (Å²) in [6.07, 6.45) is 0.910. The number of methoxy groups -OCH3 is 1. The third-order valence-corrected chi connectivity index (χ3v) is 3.76. The number of ether oxygens (including phenoxy) is 1. The Balaban J connectivity index is 1.88. The van der Waals surface area contributed by atoms with Crippen LogP contribution >= 0.6 is 11.3 Å². The first-order valence-electron chi connectivity index (χ1n) is 6.38. The second-order valence-electron chi connectivity index (χ2n) is 4.36. The van der Waals surface area contributed by atoms with E-state index in [1.165, 1.54) is 5.56 Å². The zero-order chi connectivity index (χ0) is 13.5. The van der Waals surface area contributed by atoms with Crippen molar-refractivity contribution in [1.29, 1.82) is 0 Å². The molecule has 5 heteroatoms. The molecule has 1 aromatic carbocycles. The lowest BCUT2D eigenvalue weighted by atomic mass is 10.1. The molecule has 4 nitrogen and oxygen atoms in total. The fourth-order valence-electron chi connectivity index (χ4n) is 1.74. The Morgan fingerprint density at radius 1 is 1.26 bits per heavy atom. The van der Waals surface area contributed by atoms with Crippen molar-refractivity contribution >= 4 is 11.3 Å². The van der Waals surface area contributed by atoms with Gasteiger partial charge >= 0.3 is 0 Å². The molecule has 0 unspecified atom stereocenters. The van der Waals surface area contributed by atoms with Crippen molar-refractivity contribution in [3.05, 3.63) is 34.8 Å². The molecule has 0 aliphatic heterocycles. The number of benzene rings is 1. The summed E-state index contributed by atoms with van der Waals surface area (Å²) in [6.45, 7) is 4.61. The predicted octanol–water partition coefficient (Wildman–Crippen LogP) is 2.29. The smallest absolute Gasteiger partial charge is 0.147 e. The van der Waals surface area contributed by atoms with Crippen molar-refractivity contribution in [2.75, 3.05) is 26.8 Å². The third kappa shape index (κ3) is 4.38. The second-order valence-corrected chi connectivity index (χ2v) is 5.43. The third-order valence-electron chi connectivity index (χ3n) is 2.73. The van der Waals surface area contributed by atoms with E-state index < -0.39 is 0 Å². The maximum atomic E-state index is 4.98. The second kappa shape index (κ2) is 7.33. The molecule has 0 spiro atoms. The normalized spacial score (nSPS) is 10.8. The van der Waals surface area contributed by atoms with Gasteiger partial charge in [0.05, 0.1) is 6.61 Å². The largest absolute Gasteiger partial charge is 0.383 e. The van der Waals surface area contributed by atoms with Crippen molar-refractivity contribution in [2.24, 2.45) is 0 Å². The molecule has 0 saturated heterocycles. The molecule has 19 heavy (non-hydrogen) atoms. The lowest BCUT2D eigenvalue weighted by molar-refractivity contribution is 0.199. The van der Waals surface area contributed by atoms with Gasteiger partial charge in [-0.3, -0.25) is 0 Å². The number of aryl methyl sites for hydroxylation is 1. The van der Waals surface area contributed by atoms with Gasteiger partial charge in [0.2, 0.25) is 0 Å². The number of hydrogen-bond donors (Lipinski definition) is 1. The first-order chi connectivity index (χ1) is 9.29. The molecule has 0 bridgehead atoms. The van der Waals surface area contributed by atoms with Crippen LogP contribution in [-0.2, 0) is 11.2 Å². The van der Waals surface area contributed by atoms with Crippen molar-refractivity contribution in [3.8, 4) is 10.6 Å². The van der Waals surface area contributed by atoms with Crippen LogP contribution < -0.4 is 5.32 Å². The van der Waals surface area contributed by atoms with E-state index in [2.05, 4.69) is 46.7 Å². The van der Waals surface area contributed by atoms with Crippen molar-refractivity contribution < 1.29 is 4.74 Å². The van der Waals surface area contributed by atoms with E-state index >= 15 is 0 Å². The summed E-state index contributed by atoms with van der Waals surface area (Å²) < 4.78 is 4.98. The highest BCUT2D eigenvalue weighted by Crippen LogP contribution is 2.24. The van der Waals surface area contributed by atoms with Crippen LogP contribution in [0.3, 0.4) is 0 Å². The highest BCUT2D eigenvalue weighted by atomic mass is 32.1. The van der Waals surface area contributed by atoms with E-state index in [1.54, 1.807) is 18.4 Å². The number of rotatable bonds is 7. The molecule has 0 amide bonds. The summed E-state index contributed by atoms with van der Waals surface area (Å²) in [4.78, 5) is 0. The number of hydrogen-bond acceptors (Lipinski definition) is 5. The number of nitrogens with zero attached hydrogens (tertiary/aromatic N) is 2. The standard InChI is InChI=1S/C14H19N3OS/c1-11-4-3-5-12(10-11)14-17-16-13(19-14)6-7-15-8-9-18-2/h3-5,10,15H,6-9H2,1-2H3. The molecule has 0 radical (unpaired) electrons. The SMILES string of the molecule is COCCNCCc1nnc(-c2cccc(C)c2)s1. The van der Waals surface area contributed by atoms with Gasteiger partial charge in [0, 0.05) is 32.2 Å². The average molecular weight is 277 g/mol. The molecule has 0 fully saturated rings. The molecule has 1 N–H and O–H groups in total. The summed E-state index contributed by atoms with van der Waals surface area (Å²) in [7, 11) is 1.71. The molecular weight excluding hydrogens is 258 g/mol. The first-order valence-corrected chi connectivity index (χ1v) is 7.20. The monoisotopic (exact) mass is 277 g/mol. The first kappa shape index (κ1) is 14.1. The molecule has 1 aromatic heterocycles. The van der Waals surface area contributed by atoms with Gasteiger partial charge in [-0.05, 0) is 13.0 Å².